The molecule has 0 saturated heterocycles. The molecule has 1 nitrogen and oxygen atoms in total. The summed E-state index contributed by atoms with van der Waals surface area (Å²) in [6, 6.07) is 10.2. The van der Waals surface area contributed by atoms with E-state index in [1.54, 1.807) is 11.8 Å². The lowest BCUT2D eigenvalue weighted by molar-refractivity contribution is 1.35. The number of hydrogen-bond acceptors (Lipinski definition) is 2. The van der Waals surface area contributed by atoms with Crippen molar-refractivity contribution < 1.29 is 0 Å². The van der Waals surface area contributed by atoms with Crippen LogP contribution in [0.1, 0.15) is 0 Å². The molecule has 2 aromatic rings. The summed E-state index contributed by atoms with van der Waals surface area (Å²) in [6.45, 7) is 0. The Balaban J connectivity index is 2.43. The Morgan fingerprint density at radius 3 is 2.93 bits per heavy atom. The van der Waals surface area contributed by atoms with Crippen LogP contribution in [0, 0.1) is 0 Å². The average Bonchev–Trinajstić information content (AvgIpc) is 2.26. The molecule has 2 rings (SSSR count). The fourth-order valence-electron chi connectivity index (χ4n) is 1.34. The number of thioether (sulfide) groups is 1. The average molecular weight is 224 g/mol. The fraction of sp³-hybridized carbons (Fsp3) is 0.182. The van der Waals surface area contributed by atoms with Crippen LogP contribution in [0.15, 0.2) is 41.4 Å². The van der Waals surface area contributed by atoms with Crippen LogP contribution < -0.4 is 0 Å². The first kappa shape index (κ1) is 9.81. The summed E-state index contributed by atoms with van der Waals surface area (Å²) in [6.07, 6.45) is 1.85. The van der Waals surface area contributed by atoms with Crippen LogP contribution in [0.5, 0.6) is 0 Å². The maximum absolute atomic E-state index is 5.67. The lowest BCUT2D eigenvalue weighted by Gasteiger charge is -2.03. The zero-order valence-corrected chi connectivity index (χ0v) is 9.18. The number of halogens is 1. The summed E-state index contributed by atoms with van der Waals surface area (Å²) in [4.78, 5) is 5.56. The largest absolute Gasteiger partial charge is 0.256 e. The van der Waals surface area contributed by atoms with Crippen molar-refractivity contribution in [3.05, 3.63) is 36.5 Å². The maximum Gasteiger partial charge on any atom is 0.0713 e. The Bertz CT molecular complexity index is 425. The third-order valence-electron chi connectivity index (χ3n) is 1.94. The number of aromatic nitrogens is 1. The lowest BCUT2D eigenvalue weighted by Crippen LogP contribution is -1.83. The second-order valence-electron chi connectivity index (χ2n) is 2.86. The summed E-state index contributed by atoms with van der Waals surface area (Å²) in [5, 5.41) is 1.21. The van der Waals surface area contributed by atoms with Gasteiger partial charge in [0.15, 0.2) is 0 Å². The third-order valence-corrected chi connectivity index (χ3v) is 3.43. The van der Waals surface area contributed by atoms with Crippen LogP contribution in [0.4, 0.5) is 0 Å². The van der Waals surface area contributed by atoms with Gasteiger partial charge in [-0.2, -0.15) is 0 Å². The van der Waals surface area contributed by atoms with Crippen LogP contribution in [-0.4, -0.2) is 16.6 Å². The smallest absolute Gasteiger partial charge is 0.0713 e. The molecule has 0 aliphatic rings. The van der Waals surface area contributed by atoms with Gasteiger partial charge < -0.3 is 0 Å². The maximum atomic E-state index is 5.67. The van der Waals surface area contributed by atoms with E-state index in [9.17, 15) is 0 Å². The Hall–Kier alpha value is -0.730. The van der Waals surface area contributed by atoms with Crippen LogP contribution in [0.2, 0.25) is 0 Å². The molecular formula is C11H10ClNS. The summed E-state index contributed by atoms with van der Waals surface area (Å²) < 4.78 is 0. The molecule has 1 aromatic carbocycles. The predicted octanol–water partition coefficient (Wildman–Crippen LogP) is 3.57. The highest BCUT2D eigenvalue weighted by Gasteiger charge is 2.00. The highest BCUT2D eigenvalue weighted by molar-refractivity contribution is 7.99. The molecule has 0 unspecified atom stereocenters. The molecule has 0 amide bonds. The minimum Gasteiger partial charge on any atom is -0.256 e. The Labute approximate surface area is 92.5 Å². The van der Waals surface area contributed by atoms with Gasteiger partial charge in [-0.1, -0.05) is 18.2 Å². The second kappa shape index (κ2) is 4.67. The first-order valence-electron chi connectivity index (χ1n) is 4.44. The topological polar surface area (TPSA) is 12.9 Å². The van der Waals surface area contributed by atoms with Gasteiger partial charge in [-0.3, -0.25) is 4.98 Å². The summed E-state index contributed by atoms with van der Waals surface area (Å²) in [5.41, 5.74) is 1.05. The number of para-hydroxylation sites is 1. The van der Waals surface area contributed by atoms with Gasteiger partial charge >= 0.3 is 0 Å². The summed E-state index contributed by atoms with van der Waals surface area (Å²) in [5.74, 6) is 1.62. The van der Waals surface area contributed by atoms with E-state index in [2.05, 4.69) is 11.1 Å². The first-order valence-corrected chi connectivity index (χ1v) is 5.96. The quantitative estimate of drug-likeness (QED) is 0.583. The fourth-order valence-corrected chi connectivity index (χ4v) is 2.36. The molecule has 0 spiro atoms. The summed E-state index contributed by atoms with van der Waals surface area (Å²) >= 11 is 7.44. The van der Waals surface area contributed by atoms with Crippen LogP contribution >= 0.6 is 23.4 Å². The van der Waals surface area contributed by atoms with Gasteiger partial charge in [0, 0.05) is 28.1 Å². The van der Waals surface area contributed by atoms with E-state index in [0.717, 1.165) is 11.3 Å². The van der Waals surface area contributed by atoms with Crippen molar-refractivity contribution in [1.82, 2.24) is 4.98 Å². The number of benzene rings is 1. The number of pyridine rings is 1. The first-order chi connectivity index (χ1) is 6.92. The molecule has 3 heteroatoms. The van der Waals surface area contributed by atoms with Crippen LogP contribution in [-0.2, 0) is 0 Å². The monoisotopic (exact) mass is 223 g/mol. The predicted molar refractivity (Wildman–Crippen MR) is 63.2 cm³/mol. The normalized spacial score (nSPS) is 10.6. The van der Waals surface area contributed by atoms with E-state index >= 15 is 0 Å². The molecule has 0 bridgehead atoms. The van der Waals surface area contributed by atoms with Gasteiger partial charge in [0.1, 0.15) is 0 Å². The van der Waals surface area contributed by atoms with Gasteiger partial charge in [-0.15, -0.1) is 23.4 Å². The lowest BCUT2D eigenvalue weighted by atomic mass is 10.2. The molecule has 0 N–H and O–H groups in total. The minimum absolute atomic E-state index is 0.682. The minimum atomic E-state index is 0.682. The van der Waals surface area contributed by atoms with E-state index in [4.69, 9.17) is 11.6 Å². The number of rotatable bonds is 3. The zero-order chi connectivity index (χ0) is 9.80. The molecular weight excluding hydrogens is 214 g/mol. The molecule has 0 radical (unpaired) electrons. The van der Waals surface area contributed by atoms with Crippen molar-refractivity contribution in [3.63, 3.8) is 0 Å². The standard InChI is InChI=1S/C11H10ClNS/c12-6-8-14-11-5-7-13-10-4-2-1-3-9(10)11/h1-5,7H,6,8H2. The molecule has 14 heavy (non-hydrogen) atoms. The van der Waals surface area contributed by atoms with Gasteiger partial charge in [-0.25, -0.2) is 0 Å². The van der Waals surface area contributed by atoms with Crippen molar-refractivity contribution in [2.75, 3.05) is 11.6 Å². The van der Waals surface area contributed by atoms with E-state index in [1.165, 1.54) is 10.3 Å². The van der Waals surface area contributed by atoms with E-state index in [-0.39, 0.29) is 0 Å². The van der Waals surface area contributed by atoms with Crippen molar-refractivity contribution >= 4 is 34.3 Å². The van der Waals surface area contributed by atoms with Crippen molar-refractivity contribution in [1.29, 1.82) is 0 Å². The van der Waals surface area contributed by atoms with E-state index in [0.29, 0.717) is 5.88 Å². The molecule has 0 atom stereocenters. The highest BCUT2D eigenvalue weighted by atomic mass is 35.5. The number of alkyl halides is 1. The molecule has 0 fully saturated rings. The third kappa shape index (κ3) is 2.02. The van der Waals surface area contributed by atoms with Crippen LogP contribution in [0.3, 0.4) is 0 Å². The van der Waals surface area contributed by atoms with Crippen molar-refractivity contribution in [2.24, 2.45) is 0 Å². The zero-order valence-electron chi connectivity index (χ0n) is 7.61. The molecule has 1 heterocycles. The van der Waals surface area contributed by atoms with Crippen LogP contribution in [0.25, 0.3) is 10.9 Å². The number of hydrogen-bond donors (Lipinski definition) is 0. The van der Waals surface area contributed by atoms with Gasteiger partial charge in [0.05, 0.1) is 5.52 Å². The Kier molecular flexibility index (Phi) is 3.27. The molecule has 72 valence electrons. The second-order valence-corrected chi connectivity index (χ2v) is 4.38. The van der Waals surface area contributed by atoms with E-state index in [1.807, 2.05) is 30.5 Å². The van der Waals surface area contributed by atoms with Crippen molar-refractivity contribution in [2.45, 2.75) is 4.90 Å². The van der Waals surface area contributed by atoms with Crippen molar-refractivity contribution in [3.8, 4) is 0 Å². The highest BCUT2D eigenvalue weighted by Crippen LogP contribution is 2.26. The summed E-state index contributed by atoms with van der Waals surface area (Å²) in [7, 11) is 0. The van der Waals surface area contributed by atoms with Gasteiger partial charge in [0.25, 0.3) is 0 Å². The molecule has 1 aromatic heterocycles. The van der Waals surface area contributed by atoms with Gasteiger partial charge in [0.2, 0.25) is 0 Å². The van der Waals surface area contributed by atoms with E-state index < -0.39 is 0 Å². The molecule has 0 aliphatic heterocycles. The Morgan fingerprint density at radius 2 is 2.07 bits per heavy atom. The number of nitrogens with zero attached hydrogens (tertiary/aromatic N) is 1. The SMILES string of the molecule is ClCCSc1ccnc2ccccc12. The molecule has 0 aliphatic carbocycles. The number of fused-ring (bicyclic) bond motifs is 1. The van der Waals surface area contributed by atoms with Gasteiger partial charge in [-0.05, 0) is 12.1 Å². The molecule has 0 saturated carbocycles. The Morgan fingerprint density at radius 1 is 1.21 bits per heavy atom.